The van der Waals surface area contributed by atoms with Crippen LogP contribution in [0.3, 0.4) is 0 Å². The van der Waals surface area contributed by atoms with Crippen molar-refractivity contribution in [3.63, 3.8) is 0 Å². The minimum Gasteiger partial charge on any atom is -0.232 e. The van der Waals surface area contributed by atoms with Crippen LogP contribution in [0.4, 0.5) is 0 Å². The molecule has 0 aliphatic rings. The Labute approximate surface area is 115 Å². The summed E-state index contributed by atoms with van der Waals surface area (Å²) >= 11 is 2.79. The Hall–Kier alpha value is -1.69. The lowest BCUT2D eigenvalue weighted by Crippen LogP contribution is -1.95. The summed E-state index contributed by atoms with van der Waals surface area (Å²) in [7, 11) is 0. The van der Waals surface area contributed by atoms with Crippen LogP contribution in [0.25, 0.3) is 0 Å². The van der Waals surface area contributed by atoms with Crippen molar-refractivity contribution in [1.82, 2.24) is 0 Å². The predicted octanol–water partition coefficient (Wildman–Crippen LogP) is 3.42. The minimum atomic E-state index is 0.0463. The van der Waals surface area contributed by atoms with Gasteiger partial charge in [0.15, 0.2) is 5.57 Å². The van der Waals surface area contributed by atoms with E-state index in [-0.39, 0.29) is 5.57 Å². The average molecular weight is 273 g/mol. The molecule has 18 heavy (non-hydrogen) atoms. The summed E-state index contributed by atoms with van der Waals surface area (Å²) in [4.78, 5) is 4.40. The van der Waals surface area contributed by atoms with Crippen molar-refractivity contribution >= 4 is 28.6 Å². The molecule has 0 atom stereocenters. The Morgan fingerprint density at radius 3 is 2.11 bits per heavy atom. The highest BCUT2D eigenvalue weighted by Gasteiger charge is 2.07. The molecule has 0 heterocycles. The first kappa shape index (κ1) is 14.4. The van der Waals surface area contributed by atoms with Crippen molar-refractivity contribution < 1.29 is 0 Å². The molecule has 0 aliphatic carbocycles. The Morgan fingerprint density at radius 2 is 1.67 bits per heavy atom. The third-order valence-corrected chi connectivity index (χ3v) is 3.44. The quantitative estimate of drug-likeness (QED) is 0.481. The molecule has 0 amide bonds. The molecule has 0 fully saturated rings. The standard InChI is InChI=1S/C13H11N3S2/c1-17-12(10-6-4-3-5-7-10)16-13(18-2)11(8-14)9-15/h3-7H,1-2H3/b16-12+. The van der Waals surface area contributed by atoms with Gasteiger partial charge in [-0.25, -0.2) is 4.99 Å². The SMILES string of the molecule is CSC(/N=C(/SC)c1ccccc1)=C(C#N)C#N. The smallest absolute Gasteiger partial charge is 0.161 e. The van der Waals surface area contributed by atoms with Crippen LogP contribution in [0.15, 0.2) is 45.9 Å². The summed E-state index contributed by atoms with van der Waals surface area (Å²) in [5, 5.41) is 19.0. The summed E-state index contributed by atoms with van der Waals surface area (Å²) < 4.78 is 0. The fraction of sp³-hybridized carbons (Fsp3) is 0.154. The second-order valence-corrected chi connectivity index (χ2v) is 4.68. The maximum atomic E-state index is 8.86. The van der Waals surface area contributed by atoms with E-state index in [1.54, 1.807) is 6.26 Å². The van der Waals surface area contributed by atoms with Crippen molar-refractivity contribution in [1.29, 1.82) is 10.5 Å². The van der Waals surface area contributed by atoms with Gasteiger partial charge in [0.25, 0.3) is 0 Å². The van der Waals surface area contributed by atoms with Gasteiger partial charge >= 0.3 is 0 Å². The van der Waals surface area contributed by atoms with Crippen molar-refractivity contribution in [3.05, 3.63) is 46.5 Å². The van der Waals surface area contributed by atoms with Gasteiger partial charge in [0.1, 0.15) is 22.2 Å². The van der Waals surface area contributed by atoms with Gasteiger partial charge in [-0.15, -0.1) is 23.5 Å². The highest BCUT2D eigenvalue weighted by Crippen LogP contribution is 2.22. The van der Waals surface area contributed by atoms with Crippen LogP contribution in [0.5, 0.6) is 0 Å². The van der Waals surface area contributed by atoms with Crippen molar-refractivity contribution in [2.24, 2.45) is 4.99 Å². The Morgan fingerprint density at radius 1 is 1.06 bits per heavy atom. The molecule has 0 spiro atoms. The largest absolute Gasteiger partial charge is 0.232 e. The third-order valence-electron chi connectivity index (χ3n) is 2.05. The highest BCUT2D eigenvalue weighted by molar-refractivity contribution is 8.14. The van der Waals surface area contributed by atoms with Crippen LogP contribution in [-0.4, -0.2) is 17.6 Å². The van der Waals surface area contributed by atoms with E-state index in [0.29, 0.717) is 5.03 Å². The van der Waals surface area contributed by atoms with Gasteiger partial charge in [-0.3, -0.25) is 0 Å². The first-order valence-electron chi connectivity index (χ1n) is 5.03. The Kier molecular flexibility index (Phi) is 6.07. The molecule has 1 aromatic carbocycles. The topological polar surface area (TPSA) is 59.9 Å². The van der Waals surface area contributed by atoms with Crippen LogP contribution in [-0.2, 0) is 0 Å². The first-order valence-corrected chi connectivity index (χ1v) is 7.48. The summed E-state index contributed by atoms with van der Waals surface area (Å²) in [5.41, 5.74) is 1.02. The molecule has 0 aromatic heterocycles. The molecule has 0 saturated carbocycles. The van der Waals surface area contributed by atoms with Crippen LogP contribution in [0, 0.1) is 22.7 Å². The zero-order valence-electron chi connectivity index (χ0n) is 10.0. The molecule has 5 heteroatoms. The zero-order chi connectivity index (χ0) is 13.4. The lowest BCUT2D eigenvalue weighted by atomic mass is 10.2. The molecule has 1 aromatic rings. The zero-order valence-corrected chi connectivity index (χ0v) is 11.7. The van der Waals surface area contributed by atoms with Crippen LogP contribution >= 0.6 is 23.5 Å². The van der Waals surface area contributed by atoms with Gasteiger partial charge < -0.3 is 0 Å². The van der Waals surface area contributed by atoms with E-state index in [0.717, 1.165) is 10.6 Å². The number of allylic oxidation sites excluding steroid dienone is 1. The normalized spacial score (nSPS) is 10.3. The average Bonchev–Trinajstić information content (AvgIpc) is 2.44. The molecule has 0 saturated heterocycles. The Bertz CT molecular complexity index is 532. The Balaban J connectivity index is 3.25. The van der Waals surface area contributed by atoms with Crippen molar-refractivity contribution in [2.75, 3.05) is 12.5 Å². The van der Waals surface area contributed by atoms with Crippen molar-refractivity contribution in [3.8, 4) is 12.1 Å². The van der Waals surface area contributed by atoms with E-state index >= 15 is 0 Å². The first-order chi connectivity index (χ1) is 8.76. The van der Waals surface area contributed by atoms with Crippen LogP contribution in [0.1, 0.15) is 5.56 Å². The molecule has 0 bridgehead atoms. The predicted molar refractivity (Wildman–Crippen MR) is 78.3 cm³/mol. The van der Waals surface area contributed by atoms with Gasteiger partial charge in [-0.1, -0.05) is 30.3 Å². The molecule has 0 unspecified atom stereocenters. The number of nitrogens with zero attached hydrogens (tertiary/aromatic N) is 3. The van der Waals surface area contributed by atoms with Gasteiger partial charge in [0, 0.05) is 5.56 Å². The van der Waals surface area contributed by atoms with E-state index in [9.17, 15) is 0 Å². The molecule has 0 radical (unpaired) electrons. The fourth-order valence-electron chi connectivity index (χ4n) is 1.23. The van der Waals surface area contributed by atoms with Crippen LogP contribution < -0.4 is 0 Å². The third kappa shape index (κ3) is 3.66. The maximum Gasteiger partial charge on any atom is 0.161 e. The van der Waals surface area contributed by atoms with E-state index in [2.05, 4.69) is 4.99 Å². The number of thioether (sulfide) groups is 2. The van der Waals surface area contributed by atoms with E-state index in [1.165, 1.54) is 23.5 Å². The number of nitriles is 2. The van der Waals surface area contributed by atoms with Crippen molar-refractivity contribution in [2.45, 2.75) is 0 Å². The van der Waals surface area contributed by atoms with E-state index in [4.69, 9.17) is 10.5 Å². The van der Waals surface area contributed by atoms with Gasteiger partial charge in [-0.2, -0.15) is 10.5 Å². The van der Waals surface area contributed by atoms with Gasteiger partial charge in [0.2, 0.25) is 0 Å². The summed E-state index contributed by atoms with van der Waals surface area (Å²) in [5.74, 6) is 0. The molecule has 0 N–H and O–H groups in total. The molecule has 1 rings (SSSR count). The maximum absolute atomic E-state index is 8.86. The minimum absolute atomic E-state index is 0.0463. The lowest BCUT2D eigenvalue weighted by molar-refractivity contribution is 1.41. The van der Waals surface area contributed by atoms with E-state index in [1.807, 2.05) is 48.7 Å². The second-order valence-electron chi connectivity index (χ2n) is 3.09. The molecule has 3 nitrogen and oxygen atoms in total. The number of benzene rings is 1. The summed E-state index contributed by atoms with van der Waals surface area (Å²) in [6.07, 6.45) is 3.72. The van der Waals surface area contributed by atoms with Gasteiger partial charge in [-0.05, 0) is 12.5 Å². The number of hydrogen-bond donors (Lipinski definition) is 0. The van der Waals surface area contributed by atoms with Gasteiger partial charge in [0.05, 0.1) is 0 Å². The summed E-state index contributed by atoms with van der Waals surface area (Å²) in [6.45, 7) is 0. The lowest BCUT2D eigenvalue weighted by Gasteiger charge is -2.04. The van der Waals surface area contributed by atoms with E-state index < -0.39 is 0 Å². The molecule has 90 valence electrons. The number of aliphatic imine (C=N–C) groups is 1. The summed E-state index contributed by atoms with van der Waals surface area (Å²) in [6, 6.07) is 13.4. The molecular weight excluding hydrogens is 262 g/mol. The fourth-order valence-corrected chi connectivity index (χ4v) is 2.32. The number of hydrogen-bond acceptors (Lipinski definition) is 5. The number of rotatable bonds is 3. The monoisotopic (exact) mass is 273 g/mol. The van der Waals surface area contributed by atoms with Crippen LogP contribution in [0.2, 0.25) is 0 Å². The highest BCUT2D eigenvalue weighted by atomic mass is 32.2. The molecular formula is C13H11N3S2. The molecule has 0 aliphatic heterocycles. The second kappa shape index (κ2) is 7.60.